The monoisotopic (exact) mass is 445 g/mol. The largest absolute Gasteiger partial charge is 0.493 e. The van der Waals surface area contributed by atoms with Gasteiger partial charge in [-0.05, 0) is 46.4 Å². The maximum absolute atomic E-state index is 11.6. The third-order valence-corrected chi connectivity index (χ3v) is 3.77. The number of aromatic hydroxyl groups is 1. The number of halogens is 1. The molecule has 2 N–H and O–H groups in total. The number of rotatable bonds is 5. The highest BCUT2D eigenvalue weighted by Gasteiger charge is 2.21. The molecule has 1 aromatic carbocycles. The molecule has 0 saturated heterocycles. The molecule has 0 unspecified atom stereocenters. The third kappa shape index (κ3) is 3.64. The zero-order valence-corrected chi connectivity index (χ0v) is 14.7. The smallest absolute Gasteiger partial charge is 0.395 e. The van der Waals surface area contributed by atoms with E-state index in [1.54, 1.807) is 12.1 Å². The molecule has 0 amide bonds. The van der Waals surface area contributed by atoms with Gasteiger partial charge >= 0.3 is 11.2 Å². The molecule has 0 saturated carbocycles. The number of nitro groups is 1. The van der Waals surface area contributed by atoms with E-state index in [1.165, 1.54) is 20.3 Å². The Labute approximate surface area is 149 Å². The van der Waals surface area contributed by atoms with Crippen LogP contribution in [0.4, 0.5) is 5.69 Å². The topological polar surface area (TPSA) is 128 Å². The van der Waals surface area contributed by atoms with Gasteiger partial charge in [-0.15, -0.1) is 0 Å². The normalized spacial score (nSPS) is 10.8. The molecule has 0 aliphatic carbocycles. The number of hydrogen-bond acceptors (Lipinski definition) is 7. The second kappa shape index (κ2) is 7.29. The Hall–Kier alpha value is -2.63. The van der Waals surface area contributed by atoms with Crippen molar-refractivity contribution in [3.05, 3.63) is 47.6 Å². The van der Waals surface area contributed by atoms with Crippen molar-refractivity contribution < 1.29 is 19.5 Å². The molecule has 2 rings (SSSR count). The Morgan fingerprint density at radius 2 is 2.04 bits per heavy atom. The Morgan fingerprint density at radius 3 is 2.58 bits per heavy atom. The van der Waals surface area contributed by atoms with Crippen molar-refractivity contribution in [1.29, 1.82) is 0 Å². The van der Waals surface area contributed by atoms with E-state index in [0.29, 0.717) is 11.5 Å². The molecular formula is C14H12IN3O6. The van der Waals surface area contributed by atoms with Gasteiger partial charge in [-0.3, -0.25) is 14.9 Å². The minimum absolute atomic E-state index is 0.0205. The predicted octanol–water partition coefficient (Wildman–Crippen LogP) is 2.18. The first-order valence-corrected chi connectivity index (χ1v) is 7.52. The second-order valence-corrected chi connectivity index (χ2v) is 5.61. The molecule has 2 aromatic rings. The van der Waals surface area contributed by atoms with Gasteiger partial charge in [-0.2, -0.15) is 4.98 Å². The molecule has 0 aliphatic rings. The number of benzene rings is 1. The van der Waals surface area contributed by atoms with Crippen LogP contribution in [0, 0.1) is 13.7 Å². The zero-order chi connectivity index (χ0) is 17.9. The Bertz CT molecular complexity index is 878. The van der Waals surface area contributed by atoms with Gasteiger partial charge in [0.15, 0.2) is 11.5 Å². The van der Waals surface area contributed by atoms with Gasteiger partial charge in [0.25, 0.3) is 5.88 Å². The van der Waals surface area contributed by atoms with Crippen molar-refractivity contribution in [3.63, 3.8) is 0 Å². The van der Waals surface area contributed by atoms with Crippen LogP contribution in [-0.4, -0.2) is 34.2 Å². The van der Waals surface area contributed by atoms with E-state index in [1.807, 2.05) is 6.07 Å². The van der Waals surface area contributed by atoms with Crippen molar-refractivity contribution in [1.82, 2.24) is 9.97 Å². The van der Waals surface area contributed by atoms with Crippen molar-refractivity contribution in [3.8, 4) is 17.4 Å². The highest BCUT2D eigenvalue weighted by Crippen LogP contribution is 2.34. The summed E-state index contributed by atoms with van der Waals surface area (Å²) in [5, 5.41) is 20.1. The third-order valence-electron chi connectivity index (χ3n) is 2.97. The second-order valence-electron chi connectivity index (χ2n) is 4.45. The highest BCUT2D eigenvalue weighted by molar-refractivity contribution is 14.1. The fraction of sp³-hybridized carbons (Fsp3) is 0.143. The molecule has 0 aliphatic heterocycles. The summed E-state index contributed by atoms with van der Waals surface area (Å²) in [5.74, 6) is 0.157. The average molecular weight is 445 g/mol. The van der Waals surface area contributed by atoms with Crippen molar-refractivity contribution in [2.24, 2.45) is 0 Å². The van der Waals surface area contributed by atoms with Crippen molar-refractivity contribution in [2.45, 2.75) is 0 Å². The van der Waals surface area contributed by atoms with E-state index < -0.39 is 22.0 Å². The summed E-state index contributed by atoms with van der Waals surface area (Å²) < 4.78 is 11.3. The number of nitrogens with one attached hydrogen (secondary N) is 1. The van der Waals surface area contributed by atoms with E-state index in [-0.39, 0.29) is 5.82 Å². The SMILES string of the molecule is COc1cc(C=Cc2nc(O)c([N+](=O)[O-])c(=O)[nH]2)cc(I)c1OC. The number of methoxy groups -OCH3 is 2. The maximum atomic E-state index is 11.6. The van der Waals surface area contributed by atoms with Crippen LogP contribution in [0.2, 0.25) is 0 Å². The molecule has 24 heavy (non-hydrogen) atoms. The Kier molecular flexibility index (Phi) is 5.39. The van der Waals surface area contributed by atoms with E-state index in [9.17, 15) is 20.0 Å². The van der Waals surface area contributed by atoms with E-state index in [4.69, 9.17) is 9.47 Å². The summed E-state index contributed by atoms with van der Waals surface area (Å²) >= 11 is 2.08. The minimum Gasteiger partial charge on any atom is -0.493 e. The summed E-state index contributed by atoms with van der Waals surface area (Å²) in [6.45, 7) is 0. The molecule has 9 nitrogen and oxygen atoms in total. The van der Waals surface area contributed by atoms with E-state index >= 15 is 0 Å². The predicted molar refractivity (Wildman–Crippen MR) is 94.4 cm³/mol. The number of aromatic amines is 1. The van der Waals surface area contributed by atoms with Crippen LogP contribution in [0.1, 0.15) is 11.4 Å². The quantitative estimate of drug-likeness (QED) is 0.410. The molecule has 1 aromatic heterocycles. The maximum Gasteiger partial charge on any atom is 0.395 e. The lowest BCUT2D eigenvalue weighted by atomic mass is 10.2. The lowest BCUT2D eigenvalue weighted by Gasteiger charge is -2.10. The fourth-order valence-electron chi connectivity index (χ4n) is 1.92. The molecule has 0 atom stereocenters. The molecule has 0 spiro atoms. The zero-order valence-electron chi connectivity index (χ0n) is 12.6. The molecule has 0 radical (unpaired) electrons. The van der Waals surface area contributed by atoms with Crippen molar-refractivity contribution in [2.75, 3.05) is 14.2 Å². The van der Waals surface area contributed by atoms with Gasteiger partial charge in [0.2, 0.25) is 0 Å². The van der Waals surface area contributed by atoms with Gasteiger partial charge < -0.3 is 19.6 Å². The summed E-state index contributed by atoms with van der Waals surface area (Å²) in [5.41, 5.74) is -1.31. The number of aromatic nitrogens is 2. The van der Waals surface area contributed by atoms with Gasteiger partial charge in [0, 0.05) is 0 Å². The van der Waals surface area contributed by atoms with Crippen LogP contribution >= 0.6 is 22.6 Å². The summed E-state index contributed by atoms with van der Waals surface area (Å²) in [4.78, 5) is 27.0. The highest BCUT2D eigenvalue weighted by atomic mass is 127. The molecule has 1 heterocycles. The lowest BCUT2D eigenvalue weighted by Crippen LogP contribution is -2.14. The molecule has 0 fully saturated rings. The summed E-state index contributed by atoms with van der Waals surface area (Å²) in [6.07, 6.45) is 3.01. The van der Waals surface area contributed by atoms with Crippen LogP contribution in [0.15, 0.2) is 16.9 Å². The molecular weight excluding hydrogens is 433 g/mol. The van der Waals surface area contributed by atoms with E-state index in [2.05, 4.69) is 32.6 Å². The Morgan fingerprint density at radius 1 is 1.33 bits per heavy atom. The average Bonchev–Trinajstić information content (AvgIpc) is 2.51. The minimum atomic E-state index is -1.03. The van der Waals surface area contributed by atoms with Crippen LogP contribution in [0.25, 0.3) is 12.2 Å². The lowest BCUT2D eigenvalue weighted by molar-refractivity contribution is -0.387. The van der Waals surface area contributed by atoms with Gasteiger partial charge in [0.05, 0.1) is 22.7 Å². The fourth-order valence-corrected chi connectivity index (χ4v) is 2.77. The number of H-pyrrole nitrogens is 1. The van der Waals surface area contributed by atoms with Gasteiger partial charge in [-0.1, -0.05) is 6.08 Å². The van der Waals surface area contributed by atoms with Crippen molar-refractivity contribution >= 4 is 40.4 Å². The van der Waals surface area contributed by atoms with Crippen LogP contribution < -0.4 is 15.0 Å². The summed E-state index contributed by atoms with van der Waals surface area (Å²) in [7, 11) is 3.04. The van der Waals surface area contributed by atoms with Crippen LogP contribution in [0.5, 0.6) is 17.4 Å². The van der Waals surface area contributed by atoms with Gasteiger partial charge in [0.1, 0.15) is 5.82 Å². The van der Waals surface area contributed by atoms with E-state index in [0.717, 1.165) is 9.13 Å². The molecule has 0 bridgehead atoms. The van der Waals surface area contributed by atoms with Gasteiger partial charge in [-0.25, -0.2) is 0 Å². The molecule has 10 heteroatoms. The Balaban J connectivity index is 2.40. The molecule has 126 valence electrons. The first kappa shape index (κ1) is 17.7. The van der Waals surface area contributed by atoms with Crippen LogP contribution in [-0.2, 0) is 0 Å². The first-order chi connectivity index (χ1) is 11.4. The number of ether oxygens (including phenoxy) is 2. The standard InChI is InChI=1S/C14H12IN3O6/c1-23-9-6-7(5-8(15)12(9)24-2)3-4-10-16-13(19)11(18(21)22)14(20)17-10/h3-6H,1-2H3,(H2,16,17,19,20). The number of nitrogens with zero attached hydrogens (tertiary/aromatic N) is 2. The first-order valence-electron chi connectivity index (χ1n) is 6.44. The van der Waals surface area contributed by atoms with Crippen LogP contribution in [0.3, 0.4) is 0 Å². The summed E-state index contributed by atoms with van der Waals surface area (Å²) in [6, 6.07) is 3.52. The number of hydrogen-bond donors (Lipinski definition) is 2.